The number of rotatable bonds is 6. The number of carbonyl (C=O) groups excluding carboxylic acids is 2. The smallest absolute Gasteiger partial charge is 0.338 e. The van der Waals surface area contributed by atoms with Crippen LogP contribution in [0.4, 0.5) is 0 Å². The monoisotopic (exact) mass is 321 g/mol. The van der Waals surface area contributed by atoms with Crippen LogP contribution in [0.3, 0.4) is 0 Å². The van der Waals surface area contributed by atoms with E-state index in [4.69, 9.17) is 4.74 Å². The summed E-state index contributed by atoms with van der Waals surface area (Å²) in [5.74, 6) is -0.534. The number of ether oxygens (including phenoxy) is 1. The standard InChI is InChI=1S/C20H19NO3/c1-14-6-5-9-18-19(14)17(12-21-18)16(10-11-22)13-24-20(23)15-7-3-2-4-8-15/h2-9,11-12,16,21H,10,13H2,1H3/t16-/m0/s1. The second-order valence-electron chi connectivity index (χ2n) is 5.81. The van der Waals surface area contributed by atoms with Crippen LogP contribution >= 0.6 is 0 Å². The summed E-state index contributed by atoms with van der Waals surface area (Å²) in [4.78, 5) is 26.5. The Morgan fingerprint density at radius 2 is 1.96 bits per heavy atom. The van der Waals surface area contributed by atoms with E-state index in [1.165, 1.54) is 0 Å². The van der Waals surface area contributed by atoms with Gasteiger partial charge in [0, 0.05) is 29.4 Å². The Labute approximate surface area is 140 Å². The third-order valence-electron chi connectivity index (χ3n) is 4.19. The molecule has 0 aliphatic heterocycles. The average Bonchev–Trinajstić information content (AvgIpc) is 3.04. The molecule has 0 radical (unpaired) electrons. The van der Waals surface area contributed by atoms with Crippen molar-refractivity contribution in [1.29, 1.82) is 0 Å². The number of aldehydes is 1. The lowest BCUT2D eigenvalue weighted by molar-refractivity contribution is -0.108. The second kappa shape index (κ2) is 7.13. The van der Waals surface area contributed by atoms with Gasteiger partial charge in [0.25, 0.3) is 0 Å². The van der Waals surface area contributed by atoms with Crippen molar-refractivity contribution in [3.63, 3.8) is 0 Å². The van der Waals surface area contributed by atoms with Crippen LogP contribution in [0.15, 0.2) is 54.7 Å². The van der Waals surface area contributed by atoms with E-state index in [9.17, 15) is 9.59 Å². The Morgan fingerprint density at radius 1 is 1.17 bits per heavy atom. The molecule has 0 aliphatic carbocycles. The van der Waals surface area contributed by atoms with Crippen molar-refractivity contribution >= 4 is 23.2 Å². The molecule has 4 heteroatoms. The Bertz CT molecular complexity index is 852. The van der Waals surface area contributed by atoms with E-state index < -0.39 is 0 Å². The summed E-state index contributed by atoms with van der Waals surface area (Å²) >= 11 is 0. The minimum absolute atomic E-state index is 0.162. The molecule has 2 aromatic carbocycles. The molecule has 3 rings (SSSR count). The van der Waals surface area contributed by atoms with E-state index >= 15 is 0 Å². The molecule has 122 valence electrons. The quantitative estimate of drug-likeness (QED) is 0.551. The lowest BCUT2D eigenvalue weighted by Gasteiger charge is -2.15. The van der Waals surface area contributed by atoms with E-state index in [-0.39, 0.29) is 18.5 Å². The molecule has 1 atom stereocenters. The minimum atomic E-state index is -0.372. The SMILES string of the molecule is Cc1cccc2[nH]cc([C@@H](CC=O)COC(=O)c3ccccc3)c12. The van der Waals surface area contributed by atoms with Crippen LogP contribution in [-0.2, 0) is 9.53 Å². The van der Waals surface area contributed by atoms with Gasteiger partial charge in [0.15, 0.2) is 0 Å². The summed E-state index contributed by atoms with van der Waals surface area (Å²) in [5, 5.41) is 1.10. The van der Waals surface area contributed by atoms with Gasteiger partial charge in [-0.15, -0.1) is 0 Å². The molecule has 0 bridgehead atoms. The van der Waals surface area contributed by atoms with Gasteiger partial charge in [0.2, 0.25) is 0 Å². The highest BCUT2D eigenvalue weighted by atomic mass is 16.5. The molecule has 1 heterocycles. The lowest BCUT2D eigenvalue weighted by Crippen LogP contribution is -2.13. The van der Waals surface area contributed by atoms with Crippen molar-refractivity contribution < 1.29 is 14.3 Å². The van der Waals surface area contributed by atoms with Gasteiger partial charge >= 0.3 is 5.97 Å². The number of H-pyrrole nitrogens is 1. The van der Waals surface area contributed by atoms with E-state index in [0.717, 1.165) is 28.3 Å². The molecule has 0 amide bonds. The largest absolute Gasteiger partial charge is 0.461 e. The van der Waals surface area contributed by atoms with Crippen LogP contribution in [0.2, 0.25) is 0 Å². The normalized spacial score (nSPS) is 12.0. The maximum atomic E-state index is 12.1. The highest BCUT2D eigenvalue weighted by Gasteiger charge is 2.19. The summed E-state index contributed by atoms with van der Waals surface area (Å²) in [7, 11) is 0. The van der Waals surface area contributed by atoms with E-state index in [1.807, 2.05) is 37.4 Å². The average molecular weight is 321 g/mol. The third kappa shape index (κ3) is 3.23. The number of aromatic nitrogens is 1. The molecule has 0 saturated carbocycles. The minimum Gasteiger partial charge on any atom is -0.461 e. The molecule has 0 saturated heterocycles. The first-order valence-electron chi connectivity index (χ1n) is 7.93. The highest BCUT2D eigenvalue weighted by molar-refractivity contribution is 5.89. The number of fused-ring (bicyclic) bond motifs is 1. The van der Waals surface area contributed by atoms with Gasteiger partial charge in [-0.3, -0.25) is 0 Å². The number of hydrogen-bond donors (Lipinski definition) is 1. The van der Waals surface area contributed by atoms with Crippen LogP contribution in [0.25, 0.3) is 10.9 Å². The van der Waals surface area contributed by atoms with Crippen LogP contribution in [0.5, 0.6) is 0 Å². The van der Waals surface area contributed by atoms with E-state index in [2.05, 4.69) is 4.98 Å². The zero-order valence-corrected chi connectivity index (χ0v) is 13.5. The van der Waals surface area contributed by atoms with Gasteiger partial charge in [-0.1, -0.05) is 30.3 Å². The number of esters is 1. The van der Waals surface area contributed by atoms with Crippen molar-refractivity contribution in [2.24, 2.45) is 0 Å². The zero-order chi connectivity index (χ0) is 16.9. The zero-order valence-electron chi connectivity index (χ0n) is 13.5. The summed E-state index contributed by atoms with van der Waals surface area (Å²) in [6, 6.07) is 14.9. The van der Waals surface area contributed by atoms with Crippen molar-refractivity contribution in [1.82, 2.24) is 4.98 Å². The molecule has 0 spiro atoms. The van der Waals surface area contributed by atoms with Crippen LogP contribution in [0, 0.1) is 6.92 Å². The van der Waals surface area contributed by atoms with Crippen molar-refractivity contribution in [3.8, 4) is 0 Å². The van der Waals surface area contributed by atoms with Gasteiger partial charge in [-0.25, -0.2) is 4.79 Å². The van der Waals surface area contributed by atoms with Crippen LogP contribution < -0.4 is 0 Å². The Balaban J connectivity index is 1.82. The lowest BCUT2D eigenvalue weighted by atomic mass is 9.94. The maximum absolute atomic E-state index is 12.1. The highest BCUT2D eigenvalue weighted by Crippen LogP contribution is 2.30. The van der Waals surface area contributed by atoms with Crippen molar-refractivity contribution in [2.45, 2.75) is 19.3 Å². The number of aryl methyl sites for hydroxylation is 1. The molecule has 4 nitrogen and oxygen atoms in total. The van der Waals surface area contributed by atoms with Gasteiger partial charge in [0.1, 0.15) is 6.29 Å². The summed E-state index contributed by atoms with van der Waals surface area (Å²) < 4.78 is 5.44. The first-order valence-corrected chi connectivity index (χ1v) is 7.93. The number of nitrogens with one attached hydrogen (secondary N) is 1. The molecular formula is C20H19NO3. The first-order chi connectivity index (χ1) is 11.7. The number of hydrogen-bond acceptors (Lipinski definition) is 3. The molecule has 1 N–H and O–H groups in total. The fraction of sp³-hybridized carbons (Fsp3) is 0.200. The number of carbonyl (C=O) groups is 2. The summed E-state index contributed by atoms with van der Waals surface area (Å²) in [6.45, 7) is 2.21. The number of aromatic amines is 1. The first kappa shape index (κ1) is 16.0. The predicted molar refractivity (Wildman–Crippen MR) is 93.2 cm³/mol. The van der Waals surface area contributed by atoms with Crippen molar-refractivity contribution in [3.05, 3.63) is 71.4 Å². The van der Waals surface area contributed by atoms with E-state index in [0.29, 0.717) is 12.0 Å². The molecule has 0 unspecified atom stereocenters. The summed E-state index contributed by atoms with van der Waals surface area (Å²) in [5.41, 5.74) is 3.68. The maximum Gasteiger partial charge on any atom is 0.338 e. The van der Waals surface area contributed by atoms with Gasteiger partial charge in [-0.05, 0) is 36.2 Å². The second-order valence-corrected chi connectivity index (χ2v) is 5.81. The van der Waals surface area contributed by atoms with Gasteiger partial charge in [-0.2, -0.15) is 0 Å². The fourth-order valence-corrected chi connectivity index (χ4v) is 2.96. The molecule has 24 heavy (non-hydrogen) atoms. The third-order valence-corrected chi connectivity index (χ3v) is 4.19. The topological polar surface area (TPSA) is 59.2 Å². The van der Waals surface area contributed by atoms with Crippen molar-refractivity contribution in [2.75, 3.05) is 6.61 Å². The Hall–Kier alpha value is -2.88. The van der Waals surface area contributed by atoms with Gasteiger partial charge in [0.05, 0.1) is 12.2 Å². The molecule has 0 aliphatic rings. The molecular weight excluding hydrogens is 302 g/mol. The fourth-order valence-electron chi connectivity index (χ4n) is 2.96. The Kier molecular flexibility index (Phi) is 4.75. The molecule has 0 fully saturated rings. The van der Waals surface area contributed by atoms with Crippen LogP contribution in [-0.4, -0.2) is 23.8 Å². The van der Waals surface area contributed by atoms with Gasteiger partial charge < -0.3 is 14.5 Å². The predicted octanol–water partition coefficient (Wildman–Crippen LogP) is 4.01. The van der Waals surface area contributed by atoms with E-state index in [1.54, 1.807) is 24.3 Å². The number of benzene rings is 2. The molecule has 3 aromatic rings. The molecule has 1 aromatic heterocycles. The Morgan fingerprint density at radius 3 is 2.71 bits per heavy atom. The summed E-state index contributed by atoms with van der Waals surface area (Å²) in [6.07, 6.45) is 3.09. The van der Waals surface area contributed by atoms with Crippen LogP contribution in [0.1, 0.15) is 33.8 Å².